The summed E-state index contributed by atoms with van der Waals surface area (Å²) in [5.41, 5.74) is 1.13. The van der Waals surface area contributed by atoms with Crippen LogP contribution in [0.15, 0.2) is 47.8 Å². The lowest BCUT2D eigenvalue weighted by atomic mass is 9.86. The van der Waals surface area contributed by atoms with Crippen LogP contribution in [-0.2, 0) is 28.6 Å². The molecule has 4 atom stereocenters. The van der Waals surface area contributed by atoms with Gasteiger partial charge >= 0.3 is 11.9 Å². The van der Waals surface area contributed by atoms with Gasteiger partial charge in [0.15, 0.2) is 11.9 Å². The summed E-state index contributed by atoms with van der Waals surface area (Å²) in [6, 6.07) is 0. The van der Waals surface area contributed by atoms with E-state index in [9.17, 15) is 14.4 Å². The minimum absolute atomic E-state index is 0.164. The molecule has 0 aromatic rings. The highest BCUT2D eigenvalue weighted by Gasteiger charge is 2.48. The second kappa shape index (κ2) is 5.78. The van der Waals surface area contributed by atoms with Crippen LogP contribution in [0.4, 0.5) is 0 Å². The Labute approximate surface area is 139 Å². The monoisotopic (exact) mass is 330 g/mol. The van der Waals surface area contributed by atoms with Crippen molar-refractivity contribution in [2.45, 2.75) is 38.6 Å². The fourth-order valence-corrected chi connectivity index (χ4v) is 3.06. The average Bonchev–Trinajstić information content (AvgIpc) is 3.00. The fourth-order valence-electron chi connectivity index (χ4n) is 3.06. The number of ether oxygens (including phenoxy) is 3. The number of rotatable bonds is 2. The van der Waals surface area contributed by atoms with Crippen LogP contribution >= 0.6 is 0 Å². The van der Waals surface area contributed by atoms with Crippen LogP contribution in [0.3, 0.4) is 0 Å². The van der Waals surface area contributed by atoms with E-state index in [0.717, 1.165) is 0 Å². The number of ketones is 1. The number of carbonyl (C=O) groups is 3. The standard InChI is InChI=1S/C18H18O6/c1-8(2)17(20)23-14-5-9(3)12-6-11(19)13(22-12)7-15-16(14)10(4)18(21)24-15/h5-6,13-16H,1,4,7H2,2-3H3. The van der Waals surface area contributed by atoms with Crippen molar-refractivity contribution in [1.82, 2.24) is 0 Å². The van der Waals surface area contributed by atoms with Gasteiger partial charge in [0.05, 0.1) is 5.92 Å². The summed E-state index contributed by atoms with van der Waals surface area (Å²) < 4.78 is 16.5. The molecule has 0 aliphatic carbocycles. The number of carbonyl (C=O) groups excluding carboxylic acids is 3. The number of fused-ring (bicyclic) bond motifs is 3. The molecule has 3 rings (SSSR count). The third-order valence-electron chi connectivity index (χ3n) is 4.38. The molecule has 6 nitrogen and oxygen atoms in total. The van der Waals surface area contributed by atoms with E-state index < -0.39 is 36.2 Å². The van der Waals surface area contributed by atoms with Crippen LogP contribution in [-0.4, -0.2) is 36.0 Å². The van der Waals surface area contributed by atoms with E-state index in [4.69, 9.17) is 14.2 Å². The first-order chi connectivity index (χ1) is 11.3. The zero-order chi connectivity index (χ0) is 17.6. The van der Waals surface area contributed by atoms with Crippen molar-refractivity contribution >= 4 is 17.7 Å². The third-order valence-corrected chi connectivity index (χ3v) is 4.38. The molecule has 1 saturated heterocycles. The SMILES string of the molecule is C=C(C)C(=O)OC1C=C(C)C2=CC(=O)C(CC3OC(=O)C(=C)C13)O2. The van der Waals surface area contributed by atoms with Crippen molar-refractivity contribution in [3.8, 4) is 0 Å². The topological polar surface area (TPSA) is 78.9 Å². The fraction of sp³-hybridized carbons (Fsp3) is 0.389. The van der Waals surface area contributed by atoms with E-state index in [1.807, 2.05) is 0 Å². The van der Waals surface area contributed by atoms with Crippen molar-refractivity contribution in [3.63, 3.8) is 0 Å². The maximum atomic E-state index is 12.0. The van der Waals surface area contributed by atoms with Gasteiger partial charge < -0.3 is 14.2 Å². The Balaban J connectivity index is 2.03. The van der Waals surface area contributed by atoms with Gasteiger partial charge in [-0.3, -0.25) is 4.79 Å². The molecule has 0 N–H and O–H groups in total. The van der Waals surface area contributed by atoms with Crippen molar-refractivity contribution in [2.75, 3.05) is 0 Å². The molecule has 126 valence electrons. The molecule has 0 radical (unpaired) electrons. The zero-order valence-electron chi connectivity index (χ0n) is 13.5. The van der Waals surface area contributed by atoms with E-state index in [-0.39, 0.29) is 23.4 Å². The molecule has 0 saturated carbocycles. The summed E-state index contributed by atoms with van der Waals surface area (Å²) in [5, 5.41) is 0. The lowest BCUT2D eigenvalue weighted by molar-refractivity contribution is -0.146. The van der Waals surface area contributed by atoms with Gasteiger partial charge in [-0.15, -0.1) is 0 Å². The Hall–Kier alpha value is -2.63. The van der Waals surface area contributed by atoms with Gasteiger partial charge in [0, 0.05) is 23.6 Å². The second-order valence-electron chi connectivity index (χ2n) is 6.25. The molecular weight excluding hydrogens is 312 g/mol. The minimum atomic E-state index is -0.753. The molecule has 1 fully saturated rings. The smallest absolute Gasteiger partial charge is 0.334 e. The Kier molecular flexibility index (Phi) is 3.91. The number of hydrogen-bond acceptors (Lipinski definition) is 6. The second-order valence-corrected chi connectivity index (χ2v) is 6.25. The van der Waals surface area contributed by atoms with Gasteiger partial charge in [0.2, 0.25) is 0 Å². The van der Waals surface area contributed by atoms with Crippen LogP contribution < -0.4 is 0 Å². The van der Waals surface area contributed by atoms with Gasteiger partial charge in [-0.2, -0.15) is 0 Å². The quantitative estimate of drug-likeness (QED) is 0.567. The Morgan fingerprint density at radius 1 is 1.33 bits per heavy atom. The Morgan fingerprint density at radius 3 is 2.71 bits per heavy atom. The van der Waals surface area contributed by atoms with E-state index in [2.05, 4.69) is 13.2 Å². The highest BCUT2D eigenvalue weighted by Crippen LogP contribution is 2.39. The predicted octanol–water partition coefficient (Wildman–Crippen LogP) is 1.77. The summed E-state index contributed by atoms with van der Waals surface area (Å²) in [6.45, 7) is 10.6. The van der Waals surface area contributed by atoms with E-state index in [1.54, 1.807) is 19.9 Å². The highest BCUT2D eigenvalue weighted by molar-refractivity contribution is 5.97. The Bertz CT molecular complexity index is 726. The first-order valence-corrected chi connectivity index (χ1v) is 7.65. The summed E-state index contributed by atoms with van der Waals surface area (Å²) in [6.07, 6.45) is 1.17. The molecule has 0 aromatic heterocycles. The molecule has 2 bridgehead atoms. The summed E-state index contributed by atoms with van der Waals surface area (Å²) in [4.78, 5) is 36.0. The van der Waals surface area contributed by atoms with E-state index in [1.165, 1.54) is 6.08 Å². The maximum Gasteiger partial charge on any atom is 0.334 e. The van der Waals surface area contributed by atoms with E-state index in [0.29, 0.717) is 11.3 Å². The zero-order valence-corrected chi connectivity index (χ0v) is 13.5. The number of hydrogen-bond donors (Lipinski definition) is 0. The molecule has 4 unspecified atom stereocenters. The first kappa shape index (κ1) is 16.2. The Morgan fingerprint density at radius 2 is 2.04 bits per heavy atom. The largest absolute Gasteiger partial charge is 0.482 e. The van der Waals surface area contributed by atoms with Crippen molar-refractivity contribution in [1.29, 1.82) is 0 Å². The molecule has 3 heterocycles. The molecular formula is C18H18O6. The molecule has 3 aliphatic heterocycles. The molecule has 6 heteroatoms. The van der Waals surface area contributed by atoms with Crippen LogP contribution in [0, 0.1) is 5.92 Å². The third kappa shape index (κ3) is 2.68. The first-order valence-electron chi connectivity index (χ1n) is 7.65. The molecule has 3 aliphatic rings. The summed E-state index contributed by atoms with van der Waals surface area (Å²) >= 11 is 0. The predicted molar refractivity (Wildman–Crippen MR) is 83.5 cm³/mol. The molecule has 24 heavy (non-hydrogen) atoms. The normalized spacial score (nSPS) is 31.7. The van der Waals surface area contributed by atoms with Gasteiger partial charge in [-0.1, -0.05) is 13.2 Å². The number of allylic oxidation sites excluding steroid dienone is 1. The van der Waals surface area contributed by atoms with Crippen LogP contribution in [0.25, 0.3) is 0 Å². The number of esters is 2. The van der Waals surface area contributed by atoms with Gasteiger partial charge in [-0.25, -0.2) is 9.59 Å². The summed E-state index contributed by atoms with van der Waals surface area (Å²) in [5.74, 6) is -1.40. The van der Waals surface area contributed by atoms with Crippen molar-refractivity contribution < 1.29 is 28.6 Å². The highest BCUT2D eigenvalue weighted by atomic mass is 16.6. The maximum absolute atomic E-state index is 12.0. The minimum Gasteiger partial charge on any atom is -0.482 e. The van der Waals surface area contributed by atoms with Gasteiger partial charge in [0.1, 0.15) is 18.0 Å². The van der Waals surface area contributed by atoms with Gasteiger partial charge in [-0.05, 0) is 25.5 Å². The van der Waals surface area contributed by atoms with E-state index >= 15 is 0 Å². The van der Waals surface area contributed by atoms with Gasteiger partial charge in [0.25, 0.3) is 0 Å². The molecule has 0 amide bonds. The lowest BCUT2D eigenvalue weighted by Gasteiger charge is -2.25. The summed E-state index contributed by atoms with van der Waals surface area (Å²) in [7, 11) is 0. The van der Waals surface area contributed by atoms with Crippen LogP contribution in [0.5, 0.6) is 0 Å². The lowest BCUT2D eigenvalue weighted by Crippen LogP contribution is -2.35. The molecule has 0 aromatic carbocycles. The average molecular weight is 330 g/mol. The van der Waals surface area contributed by atoms with Crippen LogP contribution in [0.1, 0.15) is 20.3 Å². The van der Waals surface area contributed by atoms with Crippen molar-refractivity contribution in [3.05, 3.63) is 47.8 Å². The van der Waals surface area contributed by atoms with Crippen molar-refractivity contribution in [2.24, 2.45) is 5.92 Å². The molecule has 0 spiro atoms. The van der Waals surface area contributed by atoms with Crippen LogP contribution in [0.2, 0.25) is 0 Å².